The van der Waals surface area contributed by atoms with Gasteiger partial charge in [0.25, 0.3) is 0 Å². The molecule has 122 valence electrons. The van der Waals surface area contributed by atoms with Crippen LogP contribution in [0.25, 0.3) is 10.8 Å². The Morgan fingerprint density at radius 3 is 1.87 bits per heavy atom. The molecule has 0 aliphatic heterocycles. The Hall–Kier alpha value is -0.910. The molecule has 2 rings (SSSR count). The lowest BCUT2D eigenvalue weighted by molar-refractivity contribution is 0.0592. The van der Waals surface area contributed by atoms with Crippen molar-refractivity contribution in [1.29, 1.82) is 0 Å². The SMILES string of the molecule is COC(=O)c1cc(Cl)c2c(Cl)c(C(=O)OC)c(Cl)c(Cl)c2c1Cl. The Morgan fingerprint density at radius 1 is 0.783 bits per heavy atom. The number of ether oxygens (including phenoxy) is 2. The lowest BCUT2D eigenvalue weighted by Crippen LogP contribution is -2.06. The van der Waals surface area contributed by atoms with Gasteiger partial charge in [-0.15, -0.1) is 0 Å². The molecule has 0 saturated carbocycles. The summed E-state index contributed by atoms with van der Waals surface area (Å²) in [5.41, 5.74) is -0.149. The van der Waals surface area contributed by atoms with Crippen LogP contribution < -0.4 is 0 Å². The zero-order chi connectivity index (χ0) is 17.5. The van der Waals surface area contributed by atoms with Crippen molar-refractivity contribution in [2.24, 2.45) is 0 Å². The van der Waals surface area contributed by atoms with E-state index in [4.69, 9.17) is 58.0 Å². The molecule has 4 nitrogen and oxygen atoms in total. The minimum Gasteiger partial charge on any atom is -0.465 e. The van der Waals surface area contributed by atoms with Crippen LogP contribution in [0.2, 0.25) is 25.1 Å². The van der Waals surface area contributed by atoms with Crippen molar-refractivity contribution in [2.45, 2.75) is 0 Å². The summed E-state index contributed by atoms with van der Waals surface area (Å²) in [6, 6.07) is 1.27. The molecule has 0 heterocycles. The number of rotatable bonds is 2. The third-order valence-corrected chi connectivity index (χ3v) is 5.00. The van der Waals surface area contributed by atoms with E-state index in [1.807, 2.05) is 0 Å². The second kappa shape index (κ2) is 6.91. The molecule has 2 aromatic carbocycles. The van der Waals surface area contributed by atoms with E-state index in [-0.39, 0.29) is 47.0 Å². The summed E-state index contributed by atoms with van der Waals surface area (Å²) in [7, 11) is 2.36. The third kappa shape index (κ3) is 2.94. The maximum absolute atomic E-state index is 11.9. The summed E-state index contributed by atoms with van der Waals surface area (Å²) in [6.07, 6.45) is 0. The molecule has 0 radical (unpaired) electrons. The Labute approximate surface area is 156 Å². The van der Waals surface area contributed by atoms with Crippen LogP contribution in [-0.4, -0.2) is 26.2 Å². The van der Waals surface area contributed by atoms with Crippen LogP contribution in [0.1, 0.15) is 20.7 Å². The molecule has 0 aliphatic rings. The molecule has 0 atom stereocenters. The van der Waals surface area contributed by atoms with Gasteiger partial charge in [-0.25, -0.2) is 9.59 Å². The Morgan fingerprint density at radius 2 is 1.35 bits per heavy atom. The van der Waals surface area contributed by atoms with Gasteiger partial charge in [0.05, 0.1) is 50.5 Å². The molecule has 0 N–H and O–H groups in total. The first-order chi connectivity index (χ1) is 10.8. The molecule has 2 aromatic rings. The number of benzene rings is 2. The van der Waals surface area contributed by atoms with E-state index >= 15 is 0 Å². The van der Waals surface area contributed by atoms with Crippen molar-refractivity contribution in [2.75, 3.05) is 14.2 Å². The van der Waals surface area contributed by atoms with Crippen molar-refractivity contribution in [3.63, 3.8) is 0 Å². The lowest BCUT2D eigenvalue weighted by atomic mass is 10.0. The molecule has 9 heteroatoms. The van der Waals surface area contributed by atoms with Crippen LogP contribution in [0.4, 0.5) is 0 Å². The van der Waals surface area contributed by atoms with Crippen LogP contribution >= 0.6 is 58.0 Å². The van der Waals surface area contributed by atoms with Crippen LogP contribution in [0.5, 0.6) is 0 Å². The van der Waals surface area contributed by atoms with Crippen molar-refractivity contribution in [1.82, 2.24) is 0 Å². The first-order valence-electron chi connectivity index (χ1n) is 5.91. The molecular weight excluding hydrogens is 409 g/mol. The summed E-state index contributed by atoms with van der Waals surface area (Å²) in [5.74, 6) is -1.49. The van der Waals surface area contributed by atoms with E-state index < -0.39 is 11.9 Å². The highest BCUT2D eigenvalue weighted by molar-refractivity contribution is 6.55. The molecule has 0 aliphatic carbocycles. The van der Waals surface area contributed by atoms with Gasteiger partial charge < -0.3 is 9.47 Å². The number of hydrogen-bond acceptors (Lipinski definition) is 4. The smallest absolute Gasteiger partial charge is 0.340 e. The summed E-state index contributed by atoms with van der Waals surface area (Å²) in [6.45, 7) is 0. The average molecular weight is 416 g/mol. The molecular formula is C14H7Cl5O4. The van der Waals surface area contributed by atoms with Gasteiger partial charge in [-0.2, -0.15) is 0 Å². The number of fused-ring (bicyclic) bond motifs is 1. The molecule has 0 saturated heterocycles. The van der Waals surface area contributed by atoms with E-state index in [0.717, 1.165) is 0 Å². The normalized spacial score (nSPS) is 10.7. The number of esters is 2. The van der Waals surface area contributed by atoms with Crippen LogP contribution in [0, 0.1) is 0 Å². The predicted octanol–water partition coefficient (Wildman–Crippen LogP) is 5.68. The van der Waals surface area contributed by atoms with Crippen molar-refractivity contribution < 1.29 is 19.1 Å². The second-order valence-corrected chi connectivity index (χ2v) is 6.19. The highest BCUT2D eigenvalue weighted by atomic mass is 35.5. The van der Waals surface area contributed by atoms with E-state index in [2.05, 4.69) is 9.47 Å². The monoisotopic (exact) mass is 414 g/mol. The maximum atomic E-state index is 11.9. The van der Waals surface area contributed by atoms with Gasteiger partial charge in [-0.1, -0.05) is 58.0 Å². The fourth-order valence-corrected chi connectivity index (χ4v) is 3.71. The molecule has 0 fully saturated rings. The number of carbonyl (C=O) groups is 2. The number of carbonyl (C=O) groups excluding carboxylic acids is 2. The first kappa shape index (κ1) is 18.4. The summed E-state index contributed by atoms with van der Waals surface area (Å²) in [4.78, 5) is 23.7. The predicted molar refractivity (Wildman–Crippen MR) is 91.7 cm³/mol. The molecule has 0 spiro atoms. The zero-order valence-electron chi connectivity index (χ0n) is 11.6. The highest BCUT2D eigenvalue weighted by Gasteiger charge is 2.27. The highest BCUT2D eigenvalue weighted by Crippen LogP contribution is 2.47. The third-order valence-electron chi connectivity index (χ3n) is 3.08. The molecule has 23 heavy (non-hydrogen) atoms. The van der Waals surface area contributed by atoms with Crippen LogP contribution in [-0.2, 0) is 9.47 Å². The van der Waals surface area contributed by atoms with Gasteiger partial charge >= 0.3 is 11.9 Å². The maximum Gasteiger partial charge on any atom is 0.340 e. The number of methoxy groups -OCH3 is 2. The van der Waals surface area contributed by atoms with Gasteiger partial charge in [0, 0.05) is 10.8 Å². The van der Waals surface area contributed by atoms with Crippen molar-refractivity contribution in [3.8, 4) is 0 Å². The van der Waals surface area contributed by atoms with Gasteiger partial charge in [0.2, 0.25) is 0 Å². The quantitative estimate of drug-likeness (QED) is 0.467. The summed E-state index contributed by atoms with van der Waals surface area (Å²) in [5, 5.41) is 0.0225. The Balaban J connectivity index is 3.03. The van der Waals surface area contributed by atoms with Crippen molar-refractivity contribution >= 4 is 80.7 Å². The molecule has 0 amide bonds. The Bertz CT molecular complexity index is 847. The Kier molecular flexibility index (Phi) is 5.54. The second-order valence-electron chi connectivity index (χ2n) is 4.27. The van der Waals surface area contributed by atoms with E-state index in [1.165, 1.54) is 20.3 Å². The lowest BCUT2D eigenvalue weighted by Gasteiger charge is -2.15. The minimum absolute atomic E-state index is 0.00785. The average Bonchev–Trinajstić information content (AvgIpc) is 2.53. The standard InChI is InChI=1S/C14H7Cl5O4/c1-22-13(20)4-3-5(15)6-7(9(4)16)11(18)12(19)8(10(6)17)14(21)23-2/h3H,1-2H3. The van der Waals surface area contributed by atoms with E-state index in [0.29, 0.717) is 0 Å². The zero-order valence-corrected chi connectivity index (χ0v) is 15.4. The summed E-state index contributed by atoms with van der Waals surface area (Å²) >= 11 is 31.0. The van der Waals surface area contributed by atoms with Gasteiger partial charge in [-0.3, -0.25) is 0 Å². The van der Waals surface area contributed by atoms with Gasteiger partial charge in [0.15, 0.2) is 0 Å². The first-order valence-corrected chi connectivity index (χ1v) is 7.80. The fraction of sp³-hybridized carbons (Fsp3) is 0.143. The van der Waals surface area contributed by atoms with Crippen LogP contribution in [0.3, 0.4) is 0 Å². The number of halogens is 5. The largest absolute Gasteiger partial charge is 0.465 e. The van der Waals surface area contributed by atoms with Crippen LogP contribution in [0.15, 0.2) is 6.07 Å². The number of hydrogen-bond donors (Lipinski definition) is 0. The summed E-state index contributed by atoms with van der Waals surface area (Å²) < 4.78 is 9.27. The van der Waals surface area contributed by atoms with E-state index in [9.17, 15) is 9.59 Å². The molecule has 0 bridgehead atoms. The van der Waals surface area contributed by atoms with Gasteiger partial charge in [-0.05, 0) is 6.07 Å². The van der Waals surface area contributed by atoms with E-state index in [1.54, 1.807) is 0 Å². The fourth-order valence-electron chi connectivity index (χ4n) is 2.03. The topological polar surface area (TPSA) is 52.6 Å². The van der Waals surface area contributed by atoms with Gasteiger partial charge in [0.1, 0.15) is 0 Å². The molecule has 0 aromatic heterocycles. The molecule has 0 unspecified atom stereocenters. The minimum atomic E-state index is -0.784. The van der Waals surface area contributed by atoms with Crippen molar-refractivity contribution in [3.05, 3.63) is 42.3 Å².